The Morgan fingerprint density at radius 2 is 1.60 bits per heavy atom. The van der Waals surface area contributed by atoms with Crippen molar-refractivity contribution in [3.05, 3.63) is 53.7 Å². The molecule has 4 heterocycles. The summed E-state index contributed by atoms with van der Waals surface area (Å²) in [5.74, 6) is 0.165. The van der Waals surface area contributed by atoms with Gasteiger partial charge >= 0.3 is 7.82 Å². The van der Waals surface area contributed by atoms with Crippen LogP contribution in [0.2, 0.25) is 0 Å². The van der Waals surface area contributed by atoms with Gasteiger partial charge in [-0.15, -0.1) is 0 Å². The number of nitrogen functional groups attached to an aromatic ring is 1. The molecule has 3 aromatic heterocycles. The molecule has 1 aliphatic heterocycles. The molecule has 314 valence electrons. The van der Waals surface area contributed by atoms with E-state index in [2.05, 4.69) is 22.0 Å². The summed E-state index contributed by atoms with van der Waals surface area (Å²) < 4.78 is 42.5. The highest BCUT2D eigenvalue weighted by atomic mass is 31.2. The van der Waals surface area contributed by atoms with Crippen molar-refractivity contribution in [2.75, 3.05) is 32.2 Å². The Hall–Kier alpha value is -3.54. The van der Waals surface area contributed by atoms with E-state index >= 15 is 0 Å². The predicted octanol–water partition coefficient (Wildman–Crippen LogP) is 6.63. The quantitative estimate of drug-likeness (QED) is 0.0425. The van der Waals surface area contributed by atoms with Crippen molar-refractivity contribution in [3.8, 4) is 12.1 Å². The molecule has 0 amide bonds. The Morgan fingerprint density at radius 3 is 2.23 bits per heavy atom. The molecule has 3 aromatic rings. The smallest absolute Gasteiger partial charge is 0.387 e. The number of fused-ring (bicyclic) bond motifs is 1. The number of anilines is 1. The highest BCUT2D eigenvalue weighted by Gasteiger charge is 2.57. The molecule has 16 nitrogen and oxygen atoms in total. The third-order valence-corrected chi connectivity index (χ3v) is 11.1. The van der Waals surface area contributed by atoms with Gasteiger partial charge in [-0.3, -0.25) is 14.0 Å². The van der Waals surface area contributed by atoms with Gasteiger partial charge in [-0.1, -0.05) is 103 Å². The lowest BCUT2D eigenvalue weighted by atomic mass is 9.96. The molecule has 0 radical (unpaired) electrons. The molecule has 1 unspecified atom stereocenters. The summed E-state index contributed by atoms with van der Waals surface area (Å²) in [5, 5.41) is 45.2. The number of phosphoric ester groups is 1. The minimum Gasteiger partial charge on any atom is -0.387 e. The largest absolute Gasteiger partial charge is 0.472 e. The number of phosphoric acid groups is 1. The first-order valence-corrected chi connectivity index (χ1v) is 21.8. The van der Waals surface area contributed by atoms with Gasteiger partial charge in [0.2, 0.25) is 5.60 Å². The Bertz CT molecular complexity index is 1770. The zero-order valence-corrected chi connectivity index (χ0v) is 34.0. The number of nitrogens with zero attached hydrogens (tertiary/aromatic N) is 6. The maximum absolute atomic E-state index is 13.1. The van der Waals surface area contributed by atoms with Crippen LogP contribution in [0.3, 0.4) is 0 Å². The third kappa shape index (κ3) is 14.7. The molecule has 5 N–H and O–H groups in total. The lowest BCUT2D eigenvalue weighted by Crippen LogP contribution is -2.45. The van der Waals surface area contributed by atoms with E-state index in [4.69, 9.17) is 29.0 Å². The molecule has 0 aromatic carbocycles. The summed E-state index contributed by atoms with van der Waals surface area (Å²) in [6, 6.07) is 8.57. The van der Waals surface area contributed by atoms with Gasteiger partial charge in [0, 0.05) is 19.0 Å². The van der Waals surface area contributed by atoms with E-state index in [1.165, 1.54) is 101 Å². The van der Waals surface area contributed by atoms with Crippen molar-refractivity contribution in [3.63, 3.8) is 0 Å². The van der Waals surface area contributed by atoms with Crippen LogP contribution in [0.15, 0.2) is 36.9 Å². The van der Waals surface area contributed by atoms with Crippen LogP contribution in [0, 0.1) is 22.7 Å². The monoisotopic (exact) mass is 813 g/mol. The summed E-state index contributed by atoms with van der Waals surface area (Å²) in [5.41, 5.74) is 5.32. The molecule has 1 fully saturated rings. The van der Waals surface area contributed by atoms with Crippen LogP contribution >= 0.6 is 7.82 Å². The Balaban J connectivity index is 1.19. The predicted molar refractivity (Wildman–Crippen MR) is 211 cm³/mol. The van der Waals surface area contributed by atoms with Crippen molar-refractivity contribution in [1.29, 1.82) is 10.5 Å². The molecule has 0 aliphatic carbocycles. The van der Waals surface area contributed by atoms with E-state index in [1.54, 1.807) is 30.5 Å². The van der Waals surface area contributed by atoms with E-state index in [-0.39, 0.29) is 24.7 Å². The number of unbranched alkanes of at least 4 members (excludes halogenated alkanes) is 15. The molecule has 57 heavy (non-hydrogen) atoms. The van der Waals surface area contributed by atoms with Crippen molar-refractivity contribution in [2.45, 2.75) is 146 Å². The average molecular weight is 814 g/mol. The first kappa shape index (κ1) is 46.2. The molecule has 6 atom stereocenters. The van der Waals surface area contributed by atoms with E-state index in [1.807, 2.05) is 6.07 Å². The van der Waals surface area contributed by atoms with Crippen LogP contribution in [0.4, 0.5) is 5.82 Å². The topological polar surface area (TPSA) is 241 Å². The molecular formula is C40H60N7O9P. The molecular weight excluding hydrogens is 753 g/mol. The van der Waals surface area contributed by atoms with E-state index in [0.29, 0.717) is 23.3 Å². The van der Waals surface area contributed by atoms with Crippen LogP contribution in [0.1, 0.15) is 133 Å². The molecule has 1 saturated heterocycles. The number of nitriles is 2. The Morgan fingerprint density at radius 1 is 0.947 bits per heavy atom. The molecule has 4 rings (SSSR count). The van der Waals surface area contributed by atoms with Crippen LogP contribution < -0.4 is 5.73 Å². The SMILES string of the molecule is CCCCCCCCCCCCCCCCCCOC[C@H](COP(=O)(O)OC[C@@]1(C#N)O[C@@H](c2ccc3c(N)ncnn23)[C@H](O)[C@@H]1O)OCc1cncc(C#N)c1. The van der Waals surface area contributed by atoms with Crippen molar-refractivity contribution in [2.24, 2.45) is 0 Å². The van der Waals surface area contributed by atoms with Crippen molar-refractivity contribution < 1.29 is 42.9 Å². The van der Waals surface area contributed by atoms with Crippen LogP contribution in [-0.4, -0.2) is 85.0 Å². The maximum Gasteiger partial charge on any atom is 0.472 e. The summed E-state index contributed by atoms with van der Waals surface area (Å²) in [7, 11) is -4.87. The van der Waals surface area contributed by atoms with Crippen molar-refractivity contribution in [1.82, 2.24) is 19.6 Å². The van der Waals surface area contributed by atoms with Gasteiger partial charge in [0.1, 0.15) is 55.0 Å². The molecule has 0 saturated carbocycles. The first-order valence-electron chi connectivity index (χ1n) is 20.3. The number of aliphatic hydroxyl groups excluding tert-OH is 2. The van der Waals surface area contributed by atoms with Gasteiger partial charge in [0.05, 0.1) is 31.1 Å². The third-order valence-electron chi connectivity index (χ3n) is 10.2. The average Bonchev–Trinajstić information content (AvgIpc) is 3.76. The van der Waals surface area contributed by atoms with Gasteiger partial charge in [-0.05, 0) is 30.2 Å². The highest BCUT2D eigenvalue weighted by molar-refractivity contribution is 7.47. The summed E-state index contributed by atoms with van der Waals surface area (Å²) in [6.07, 6.45) is 18.9. The zero-order valence-electron chi connectivity index (χ0n) is 33.1. The van der Waals surface area contributed by atoms with Crippen LogP contribution in [0.5, 0.6) is 0 Å². The number of ether oxygens (including phenoxy) is 3. The number of hydrogen-bond acceptors (Lipinski definition) is 14. The number of hydrogen-bond donors (Lipinski definition) is 4. The minimum absolute atomic E-state index is 0.0252. The molecule has 0 bridgehead atoms. The van der Waals surface area contributed by atoms with Crippen LogP contribution in [0.25, 0.3) is 5.52 Å². The highest BCUT2D eigenvalue weighted by Crippen LogP contribution is 2.47. The number of rotatable bonds is 29. The fourth-order valence-corrected chi connectivity index (χ4v) is 7.60. The van der Waals surface area contributed by atoms with Gasteiger partial charge in [-0.25, -0.2) is 14.1 Å². The van der Waals surface area contributed by atoms with Gasteiger partial charge in [0.15, 0.2) is 5.82 Å². The Kier molecular flexibility index (Phi) is 19.8. The molecule has 1 aliphatic rings. The summed E-state index contributed by atoms with van der Waals surface area (Å²) >= 11 is 0. The van der Waals surface area contributed by atoms with Crippen LogP contribution in [-0.2, 0) is 34.4 Å². The standard InChI is InChI=1S/C40H60N7O9P/c1-2-3-4-5-6-7-8-9-10-11-12-13-14-15-16-17-20-52-26-33(53-25-32-21-31(22-41)23-44-24-32)27-54-57(50,51)55-29-40(28-42)38(49)36(48)37(56-40)34-18-19-35-39(43)45-30-46-47(34)35/h18-19,21,23-24,30,33,36-38,48-49H,2-17,20,25-27,29H2,1H3,(H,50,51)(H2,43,45,46)/t33-,36+,37+,38+,40-/m1/s1. The fraction of sp³-hybridized carbons (Fsp3) is 0.675. The zero-order chi connectivity index (χ0) is 40.9. The normalized spacial score (nSPS) is 21.0. The maximum atomic E-state index is 13.1. The number of pyridine rings is 1. The van der Waals surface area contributed by atoms with Gasteiger partial charge in [-0.2, -0.15) is 15.6 Å². The lowest BCUT2D eigenvalue weighted by molar-refractivity contribution is -0.0790. The minimum atomic E-state index is -4.87. The van der Waals surface area contributed by atoms with E-state index in [0.717, 1.165) is 19.3 Å². The molecule has 0 spiro atoms. The second-order valence-corrected chi connectivity index (χ2v) is 16.2. The van der Waals surface area contributed by atoms with Gasteiger partial charge < -0.3 is 35.1 Å². The summed E-state index contributed by atoms with van der Waals surface area (Å²) in [4.78, 5) is 18.6. The second-order valence-electron chi connectivity index (χ2n) is 14.7. The number of nitrogens with two attached hydrogens (primary N) is 1. The second kappa shape index (κ2) is 24.4. The van der Waals surface area contributed by atoms with E-state index < -0.39 is 51.1 Å². The Labute approximate surface area is 335 Å². The fourth-order valence-electron chi connectivity index (χ4n) is 6.82. The summed E-state index contributed by atoms with van der Waals surface area (Å²) in [6.45, 7) is 1.45. The first-order chi connectivity index (χ1) is 27.6. The molecule has 17 heteroatoms. The van der Waals surface area contributed by atoms with Crippen molar-refractivity contribution >= 4 is 19.2 Å². The number of aromatic nitrogens is 4. The lowest BCUT2D eigenvalue weighted by Gasteiger charge is -2.26. The van der Waals surface area contributed by atoms with E-state index in [9.17, 15) is 30.2 Å². The van der Waals surface area contributed by atoms with Gasteiger partial charge in [0.25, 0.3) is 0 Å². The number of aliphatic hydroxyl groups is 2.